The van der Waals surface area contributed by atoms with Crippen molar-refractivity contribution in [2.24, 2.45) is 0 Å². The van der Waals surface area contributed by atoms with Crippen LogP contribution >= 0.6 is 0 Å². The quantitative estimate of drug-likeness (QED) is 0.795. The molecule has 0 atom stereocenters. The molecule has 0 aromatic carbocycles. The molecular formula is C13H13N3O3. The molecule has 0 saturated carbocycles. The molecule has 1 aromatic rings. The van der Waals surface area contributed by atoms with Crippen LogP contribution in [0.15, 0.2) is 24.8 Å². The fourth-order valence-corrected chi connectivity index (χ4v) is 1.50. The van der Waals surface area contributed by atoms with Crippen molar-refractivity contribution in [1.29, 1.82) is 5.26 Å². The van der Waals surface area contributed by atoms with Gasteiger partial charge < -0.3 is 10.0 Å². The number of carbonyl (C=O) groups excluding carboxylic acids is 1. The van der Waals surface area contributed by atoms with E-state index in [1.54, 1.807) is 6.92 Å². The fourth-order valence-electron chi connectivity index (χ4n) is 1.50. The lowest BCUT2D eigenvalue weighted by Gasteiger charge is -2.18. The van der Waals surface area contributed by atoms with E-state index in [0.29, 0.717) is 11.3 Å². The molecule has 1 amide bonds. The van der Waals surface area contributed by atoms with Crippen molar-refractivity contribution in [2.75, 3.05) is 13.1 Å². The van der Waals surface area contributed by atoms with Gasteiger partial charge in [0.25, 0.3) is 5.91 Å². The average Bonchev–Trinajstić information content (AvgIpc) is 2.36. The molecule has 1 rings (SSSR count). The van der Waals surface area contributed by atoms with Crippen LogP contribution in [0.2, 0.25) is 0 Å². The highest BCUT2D eigenvalue weighted by molar-refractivity contribution is 5.94. The average molecular weight is 259 g/mol. The van der Waals surface area contributed by atoms with Crippen LogP contribution in [-0.2, 0) is 4.79 Å². The van der Waals surface area contributed by atoms with Gasteiger partial charge in [0.05, 0.1) is 11.3 Å². The Kier molecular flexibility index (Phi) is 4.77. The third-order valence-corrected chi connectivity index (χ3v) is 2.39. The monoisotopic (exact) mass is 259 g/mol. The van der Waals surface area contributed by atoms with Gasteiger partial charge in [-0.25, -0.2) is 4.98 Å². The molecule has 0 saturated heterocycles. The van der Waals surface area contributed by atoms with Crippen molar-refractivity contribution in [3.8, 4) is 6.07 Å². The molecule has 98 valence electrons. The summed E-state index contributed by atoms with van der Waals surface area (Å²) < 4.78 is 0. The minimum absolute atomic E-state index is 0.111. The van der Waals surface area contributed by atoms with Crippen molar-refractivity contribution < 1.29 is 14.7 Å². The van der Waals surface area contributed by atoms with Gasteiger partial charge in [-0.05, 0) is 19.1 Å². The smallest absolute Gasteiger partial charge is 0.323 e. The summed E-state index contributed by atoms with van der Waals surface area (Å²) in [6, 6.07) is 4.85. The standard InChI is InChI=1S/C13H13N3O3/c1-3-6-16(8-12(17)18)13(19)11-5-4-10(7-14)9(2)15-11/h3-5H,1,6,8H2,2H3,(H,17,18). The van der Waals surface area contributed by atoms with E-state index in [1.807, 2.05) is 6.07 Å². The summed E-state index contributed by atoms with van der Waals surface area (Å²) in [5, 5.41) is 17.5. The molecule has 0 radical (unpaired) electrons. The summed E-state index contributed by atoms with van der Waals surface area (Å²) in [4.78, 5) is 27.9. The van der Waals surface area contributed by atoms with Gasteiger partial charge >= 0.3 is 5.97 Å². The maximum atomic E-state index is 12.1. The summed E-state index contributed by atoms with van der Waals surface area (Å²) in [7, 11) is 0. The molecular weight excluding hydrogens is 246 g/mol. The van der Waals surface area contributed by atoms with Crippen molar-refractivity contribution in [1.82, 2.24) is 9.88 Å². The van der Waals surface area contributed by atoms with Gasteiger partial charge in [-0.3, -0.25) is 9.59 Å². The van der Waals surface area contributed by atoms with Crippen LogP contribution in [0.25, 0.3) is 0 Å². The van der Waals surface area contributed by atoms with Crippen LogP contribution in [0, 0.1) is 18.3 Å². The van der Waals surface area contributed by atoms with Crippen molar-refractivity contribution >= 4 is 11.9 Å². The van der Waals surface area contributed by atoms with Gasteiger partial charge in [0, 0.05) is 6.54 Å². The molecule has 1 heterocycles. The van der Waals surface area contributed by atoms with Crippen LogP contribution in [-0.4, -0.2) is 40.0 Å². The van der Waals surface area contributed by atoms with Crippen LogP contribution in [0.4, 0.5) is 0 Å². The number of amides is 1. The highest BCUT2D eigenvalue weighted by atomic mass is 16.4. The summed E-state index contributed by atoms with van der Waals surface area (Å²) >= 11 is 0. The van der Waals surface area contributed by atoms with Gasteiger partial charge in [0.2, 0.25) is 0 Å². The maximum absolute atomic E-state index is 12.1. The van der Waals surface area contributed by atoms with Crippen LogP contribution in [0.1, 0.15) is 21.7 Å². The molecule has 6 nitrogen and oxygen atoms in total. The van der Waals surface area contributed by atoms with E-state index < -0.39 is 18.4 Å². The van der Waals surface area contributed by atoms with E-state index in [1.165, 1.54) is 18.2 Å². The molecule has 0 aliphatic heterocycles. The van der Waals surface area contributed by atoms with Gasteiger partial charge in [-0.15, -0.1) is 6.58 Å². The summed E-state index contributed by atoms with van der Waals surface area (Å²) in [5.74, 6) is -1.62. The Morgan fingerprint density at radius 1 is 1.58 bits per heavy atom. The number of aryl methyl sites for hydroxylation is 1. The molecule has 0 bridgehead atoms. The topological polar surface area (TPSA) is 94.3 Å². The lowest BCUT2D eigenvalue weighted by Crippen LogP contribution is -2.36. The first-order valence-corrected chi connectivity index (χ1v) is 5.49. The Balaban J connectivity index is 3.02. The van der Waals surface area contributed by atoms with Crippen molar-refractivity contribution in [2.45, 2.75) is 6.92 Å². The third kappa shape index (κ3) is 3.64. The summed E-state index contributed by atoms with van der Waals surface area (Å²) in [6.07, 6.45) is 1.44. The molecule has 0 unspecified atom stereocenters. The molecule has 0 aliphatic rings. The van der Waals surface area contributed by atoms with Gasteiger partial charge in [-0.1, -0.05) is 6.08 Å². The minimum Gasteiger partial charge on any atom is -0.480 e. The third-order valence-electron chi connectivity index (χ3n) is 2.39. The molecule has 0 spiro atoms. The Morgan fingerprint density at radius 2 is 2.26 bits per heavy atom. The second-order valence-electron chi connectivity index (χ2n) is 3.81. The molecule has 0 aliphatic carbocycles. The van der Waals surface area contributed by atoms with E-state index in [-0.39, 0.29) is 12.2 Å². The number of rotatable bonds is 5. The van der Waals surface area contributed by atoms with Gasteiger partial charge in [0.1, 0.15) is 18.3 Å². The van der Waals surface area contributed by atoms with E-state index in [4.69, 9.17) is 10.4 Å². The lowest BCUT2D eigenvalue weighted by atomic mass is 10.2. The minimum atomic E-state index is -1.11. The first-order valence-electron chi connectivity index (χ1n) is 5.49. The zero-order valence-corrected chi connectivity index (χ0v) is 10.5. The highest BCUT2D eigenvalue weighted by Gasteiger charge is 2.19. The largest absolute Gasteiger partial charge is 0.480 e. The Bertz CT molecular complexity index is 561. The number of pyridine rings is 1. The summed E-state index contributed by atoms with van der Waals surface area (Å²) in [6.45, 7) is 4.79. The Hall–Kier alpha value is -2.68. The predicted molar refractivity (Wildman–Crippen MR) is 67.4 cm³/mol. The van der Waals surface area contributed by atoms with Crippen molar-refractivity contribution in [3.63, 3.8) is 0 Å². The second-order valence-corrected chi connectivity index (χ2v) is 3.81. The van der Waals surface area contributed by atoms with E-state index >= 15 is 0 Å². The number of carboxylic acids is 1. The number of nitrogens with zero attached hydrogens (tertiary/aromatic N) is 3. The fraction of sp³-hybridized carbons (Fsp3) is 0.231. The maximum Gasteiger partial charge on any atom is 0.323 e. The SMILES string of the molecule is C=CCN(CC(=O)O)C(=O)c1ccc(C#N)c(C)n1. The second kappa shape index (κ2) is 6.31. The van der Waals surface area contributed by atoms with Crippen LogP contribution < -0.4 is 0 Å². The lowest BCUT2D eigenvalue weighted by molar-refractivity contribution is -0.137. The van der Waals surface area contributed by atoms with Gasteiger partial charge in [-0.2, -0.15) is 5.26 Å². The van der Waals surface area contributed by atoms with Crippen molar-refractivity contribution in [3.05, 3.63) is 41.7 Å². The zero-order chi connectivity index (χ0) is 14.4. The Morgan fingerprint density at radius 3 is 2.74 bits per heavy atom. The molecule has 1 aromatic heterocycles. The molecule has 6 heteroatoms. The number of carboxylic acid groups (broad SMARTS) is 1. The highest BCUT2D eigenvalue weighted by Crippen LogP contribution is 2.08. The van der Waals surface area contributed by atoms with Gasteiger partial charge in [0.15, 0.2) is 0 Å². The number of aromatic nitrogens is 1. The number of carbonyl (C=O) groups is 2. The Labute approximate surface area is 110 Å². The predicted octanol–water partition coefficient (Wildman–Crippen LogP) is 0.975. The van der Waals surface area contributed by atoms with Crippen LogP contribution in [0.5, 0.6) is 0 Å². The zero-order valence-electron chi connectivity index (χ0n) is 10.5. The number of nitriles is 1. The van der Waals surface area contributed by atoms with E-state index in [2.05, 4.69) is 11.6 Å². The first kappa shape index (κ1) is 14.4. The number of hydrogen-bond donors (Lipinski definition) is 1. The van der Waals surface area contributed by atoms with E-state index in [0.717, 1.165) is 4.90 Å². The van der Waals surface area contributed by atoms with E-state index in [9.17, 15) is 9.59 Å². The first-order chi connectivity index (χ1) is 8.99. The molecule has 19 heavy (non-hydrogen) atoms. The summed E-state index contributed by atoms with van der Waals surface area (Å²) in [5.41, 5.74) is 0.923. The number of aliphatic carboxylic acids is 1. The normalized spacial score (nSPS) is 9.47. The number of hydrogen-bond acceptors (Lipinski definition) is 4. The molecule has 0 fully saturated rings. The van der Waals surface area contributed by atoms with Crippen LogP contribution in [0.3, 0.4) is 0 Å². The molecule has 1 N–H and O–H groups in total.